The van der Waals surface area contributed by atoms with Gasteiger partial charge in [-0.05, 0) is 45.4 Å². The van der Waals surface area contributed by atoms with E-state index >= 15 is 4.39 Å². The summed E-state index contributed by atoms with van der Waals surface area (Å²) in [7, 11) is 0. The molecule has 1 saturated heterocycles. The van der Waals surface area contributed by atoms with Gasteiger partial charge in [-0.15, -0.1) is 0 Å². The number of aryl methyl sites for hydroxylation is 1. The molecule has 2 aromatic heterocycles. The number of fused-ring (bicyclic) bond motifs is 5. The second-order valence-corrected chi connectivity index (χ2v) is 11.2. The van der Waals surface area contributed by atoms with Gasteiger partial charge < -0.3 is 19.1 Å². The van der Waals surface area contributed by atoms with Crippen molar-refractivity contribution in [3.05, 3.63) is 75.7 Å². The standard InChI is InChI=1S/C30H30ClFN6O3/c1-6-22(39)35-11-12-37(18(5)14-35)28-20-13-21(31)24-23-19(8-7-17(4)25(23)32)15-41-27(24)26(20)38(30(40)34-28)29-33-9-10-36(29)16(2)3/h6-10,13,16,18H,1,11-12,14-15H2,2-5H3/t18-/m0/s1. The number of ether oxygens (including phenoxy) is 1. The summed E-state index contributed by atoms with van der Waals surface area (Å²) in [6, 6.07) is 5.11. The third-order valence-electron chi connectivity index (χ3n) is 7.90. The molecule has 11 heteroatoms. The first kappa shape index (κ1) is 27.0. The second kappa shape index (κ2) is 10.0. The molecule has 2 aliphatic heterocycles. The third-order valence-corrected chi connectivity index (χ3v) is 8.20. The van der Waals surface area contributed by atoms with Gasteiger partial charge in [0.05, 0.1) is 5.02 Å². The molecule has 0 unspecified atom stereocenters. The van der Waals surface area contributed by atoms with E-state index in [9.17, 15) is 9.59 Å². The zero-order valence-corrected chi connectivity index (χ0v) is 24.1. The van der Waals surface area contributed by atoms with Gasteiger partial charge in [-0.1, -0.05) is 30.3 Å². The number of carbonyl (C=O) groups excluding carboxylic acids is 1. The number of aromatic nitrogens is 4. The molecular weight excluding hydrogens is 547 g/mol. The highest BCUT2D eigenvalue weighted by Crippen LogP contribution is 2.49. The molecule has 2 aromatic carbocycles. The normalized spacial score (nSPS) is 16.5. The number of halogens is 2. The van der Waals surface area contributed by atoms with Crippen LogP contribution < -0.4 is 15.3 Å². The van der Waals surface area contributed by atoms with E-state index in [1.54, 1.807) is 36.4 Å². The Bertz CT molecular complexity index is 1800. The average molecular weight is 577 g/mol. The molecule has 0 aliphatic carbocycles. The van der Waals surface area contributed by atoms with Crippen molar-refractivity contribution in [3.8, 4) is 22.8 Å². The maximum Gasteiger partial charge on any atom is 0.357 e. The summed E-state index contributed by atoms with van der Waals surface area (Å²) in [6.07, 6.45) is 4.72. The van der Waals surface area contributed by atoms with Crippen LogP contribution in [0.25, 0.3) is 28.0 Å². The number of piperazine rings is 1. The van der Waals surface area contributed by atoms with Crippen LogP contribution in [0.4, 0.5) is 10.2 Å². The molecule has 1 fully saturated rings. The van der Waals surface area contributed by atoms with E-state index in [1.165, 1.54) is 10.6 Å². The zero-order chi connectivity index (χ0) is 29.2. The molecule has 2 aliphatic rings. The predicted octanol–water partition coefficient (Wildman–Crippen LogP) is 5.05. The molecular formula is C30H30ClFN6O3. The topological polar surface area (TPSA) is 85.5 Å². The summed E-state index contributed by atoms with van der Waals surface area (Å²) in [5.41, 5.74) is 1.77. The molecule has 1 atom stereocenters. The summed E-state index contributed by atoms with van der Waals surface area (Å²) in [6.45, 7) is 12.7. The van der Waals surface area contributed by atoms with Gasteiger partial charge in [-0.25, -0.2) is 18.7 Å². The Morgan fingerprint density at radius 2 is 2.05 bits per heavy atom. The van der Waals surface area contributed by atoms with Gasteiger partial charge in [0.1, 0.15) is 23.8 Å². The molecule has 0 radical (unpaired) electrons. The molecule has 0 N–H and O–H groups in total. The Balaban J connectivity index is 1.67. The van der Waals surface area contributed by atoms with E-state index in [4.69, 9.17) is 16.3 Å². The van der Waals surface area contributed by atoms with Crippen molar-refractivity contribution in [1.29, 1.82) is 0 Å². The van der Waals surface area contributed by atoms with E-state index in [1.807, 2.05) is 36.3 Å². The number of benzene rings is 2. The second-order valence-electron chi connectivity index (χ2n) is 10.8. The minimum atomic E-state index is -0.555. The first-order valence-electron chi connectivity index (χ1n) is 13.5. The Morgan fingerprint density at radius 3 is 2.76 bits per heavy atom. The van der Waals surface area contributed by atoms with E-state index in [-0.39, 0.29) is 35.4 Å². The minimum absolute atomic E-state index is 0.00510. The monoisotopic (exact) mass is 576 g/mol. The van der Waals surface area contributed by atoms with Gasteiger partial charge in [0.25, 0.3) is 0 Å². The van der Waals surface area contributed by atoms with Crippen molar-refractivity contribution in [3.63, 3.8) is 0 Å². The molecule has 41 heavy (non-hydrogen) atoms. The Labute approximate surface area is 241 Å². The predicted molar refractivity (Wildman–Crippen MR) is 157 cm³/mol. The summed E-state index contributed by atoms with van der Waals surface area (Å²) >= 11 is 6.94. The van der Waals surface area contributed by atoms with Crippen LogP contribution in [0.2, 0.25) is 5.02 Å². The zero-order valence-electron chi connectivity index (χ0n) is 23.3. The number of amides is 1. The summed E-state index contributed by atoms with van der Waals surface area (Å²) < 4.78 is 25.3. The van der Waals surface area contributed by atoms with E-state index in [0.717, 1.165) is 0 Å². The number of carbonyl (C=O) groups is 1. The number of imidazole rings is 1. The average Bonchev–Trinajstić information content (AvgIpc) is 3.44. The summed E-state index contributed by atoms with van der Waals surface area (Å²) in [4.78, 5) is 39.0. The van der Waals surface area contributed by atoms with Crippen LogP contribution in [-0.2, 0) is 11.4 Å². The van der Waals surface area contributed by atoms with Crippen LogP contribution in [0, 0.1) is 12.7 Å². The fraction of sp³-hybridized carbons (Fsp3) is 0.333. The van der Waals surface area contributed by atoms with Gasteiger partial charge in [-0.3, -0.25) is 4.79 Å². The lowest BCUT2D eigenvalue weighted by molar-refractivity contribution is -0.126. The van der Waals surface area contributed by atoms with Gasteiger partial charge in [0.15, 0.2) is 5.75 Å². The molecule has 4 heterocycles. The fourth-order valence-electron chi connectivity index (χ4n) is 5.83. The lowest BCUT2D eigenvalue weighted by atomic mass is 9.93. The van der Waals surface area contributed by atoms with E-state index < -0.39 is 5.69 Å². The van der Waals surface area contributed by atoms with E-state index in [0.29, 0.717) is 70.3 Å². The van der Waals surface area contributed by atoms with Crippen LogP contribution in [0.5, 0.6) is 5.75 Å². The SMILES string of the molecule is C=CC(=O)N1CCN(c2nc(=O)n(-c3nccn3C(C)C)c3c4c(c(Cl)cc23)-c2c(ccc(C)c2F)CO4)[C@@H](C)C1. The first-order valence-corrected chi connectivity index (χ1v) is 13.9. The quantitative estimate of drug-likeness (QED) is 0.316. The van der Waals surface area contributed by atoms with Crippen molar-refractivity contribution in [2.24, 2.45) is 0 Å². The summed E-state index contributed by atoms with van der Waals surface area (Å²) in [5.74, 6) is 0.568. The molecule has 0 bridgehead atoms. The minimum Gasteiger partial charge on any atom is -0.486 e. The third kappa shape index (κ3) is 4.20. The number of nitrogens with zero attached hydrogens (tertiary/aromatic N) is 6. The lowest BCUT2D eigenvalue weighted by Gasteiger charge is -2.40. The molecule has 212 valence electrons. The molecule has 9 nitrogen and oxygen atoms in total. The van der Waals surface area contributed by atoms with Gasteiger partial charge in [0, 0.05) is 66.2 Å². The van der Waals surface area contributed by atoms with Crippen LogP contribution in [-0.4, -0.2) is 55.6 Å². The van der Waals surface area contributed by atoms with Crippen LogP contribution in [0.3, 0.4) is 0 Å². The number of hydrogen-bond acceptors (Lipinski definition) is 6. The molecule has 6 rings (SSSR count). The Kier molecular flexibility index (Phi) is 6.60. The fourth-order valence-corrected chi connectivity index (χ4v) is 6.12. The maximum atomic E-state index is 15.7. The largest absolute Gasteiger partial charge is 0.486 e. The van der Waals surface area contributed by atoms with Crippen molar-refractivity contribution in [2.45, 2.75) is 46.4 Å². The Morgan fingerprint density at radius 1 is 1.27 bits per heavy atom. The molecule has 1 amide bonds. The highest BCUT2D eigenvalue weighted by Gasteiger charge is 2.34. The Hall–Kier alpha value is -4.18. The van der Waals surface area contributed by atoms with Crippen LogP contribution in [0.15, 0.2) is 48.0 Å². The lowest BCUT2D eigenvalue weighted by Crippen LogP contribution is -2.54. The molecule has 0 spiro atoms. The van der Waals surface area contributed by atoms with Crippen molar-refractivity contribution in [1.82, 2.24) is 24.0 Å². The van der Waals surface area contributed by atoms with Crippen LogP contribution in [0.1, 0.15) is 37.9 Å². The van der Waals surface area contributed by atoms with Crippen molar-refractivity contribution >= 4 is 34.2 Å². The number of rotatable bonds is 4. The smallest absolute Gasteiger partial charge is 0.357 e. The first-order chi connectivity index (χ1) is 19.6. The van der Waals surface area contributed by atoms with Crippen molar-refractivity contribution in [2.75, 3.05) is 24.5 Å². The van der Waals surface area contributed by atoms with Gasteiger partial charge in [-0.2, -0.15) is 4.98 Å². The maximum absolute atomic E-state index is 15.7. The number of anilines is 1. The molecule has 4 aromatic rings. The van der Waals surface area contributed by atoms with Gasteiger partial charge >= 0.3 is 5.69 Å². The number of hydrogen-bond donors (Lipinski definition) is 0. The summed E-state index contributed by atoms with van der Waals surface area (Å²) in [5, 5.41) is 0.852. The highest BCUT2D eigenvalue weighted by atomic mass is 35.5. The highest BCUT2D eigenvalue weighted by molar-refractivity contribution is 6.35. The molecule has 0 saturated carbocycles. The van der Waals surface area contributed by atoms with Crippen LogP contribution >= 0.6 is 11.6 Å². The van der Waals surface area contributed by atoms with Crippen molar-refractivity contribution < 1.29 is 13.9 Å². The van der Waals surface area contributed by atoms with Gasteiger partial charge in [0.2, 0.25) is 11.9 Å². The van der Waals surface area contributed by atoms with E-state index in [2.05, 4.69) is 16.5 Å².